The lowest BCUT2D eigenvalue weighted by molar-refractivity contribution is 0.716. The van der Waals surface area contributed by atoms with Crippen LogP contribution in [0.15, 0.2) is 194 Å². The summed E-state index contributed by atoms with van der Waals surface area (Å²) in [6, 6.07) is 50.6. The van der Waals surface area contributed by atoms with E-state index in [0.29, 0.717) is 5.71 Å². The third-order valence-corrected chi connectivity index (χ3v) is 11.0. The highest BCUT2D eigenvalue weighted by atomic mass is 14.9. The summed E-state index contributed by atoms with van der Waals surface area (Å²) in [7, 11) is 0. The molecular formula is C53H41N3. The first-order valence-electron chi connectivity index (χ1n) is 19.3. The van der Waals surface area contributed by atoms with Gasteiger partial charge in [0.25, 0.3) is 0 Å². The zero-order chi connectivity index (χ0) is 37.8. The topological polar surface area (TPSA) is 59.7 Å². The summed E-state index contributed by atoms with van der Waals surface area (Å²) >= 11 is 0. The molecule has 7 aromatic carbocycles. The highest BCUT2D eigenvalue weighted by Gasteiger charge is 2.31. The zero-order valence-electron chi connectivity index (χ0n) is 31.1. The van der Waals surface area contributed by atoms with Gasteiger partial charge >= 0.3 is 0 Å². The van der Waals surface area contributed by atoms with Crippen LogP contribution in [-0.2, 0) is 0 Å². The standard InChI is InChI=1S/C53H41N3/c54-34-40(20-6-2-1-3-11-26-48(55)41-21-15-33-56-35-41)36-27-29-37(30-28-36)42-31-32-47-51-43(42)24-14-25-46(51)52-49(38-16-7-4-8-17-38)44-22-12-13-23-45(44)50(53(47)52)39-18-9-5-10-19-39/h1-14,16-32,34,54-56H,15,33,35H2/b3-1+,6-2+,26-11-,40-20+,54-34?,55-48?. The average molecular weight is 720 g/mol. The van der Waals surface area contributed by atoms with Crippen LogP contribution in [0.5, 0.6) is 0 Å². The smallest absolute Gasteiger partial charge is 0.0581 e. The van der Waals surface area contributed by atoms with Crippen LogP contribution in [0.25, 0.3) is 82.8 Å². The van der Waals surface area contributed by atoms with Gasteiger partial charge in [0, 0.05) is 12.8 Å². The van der Waals surface area contributed by atoms with Crippen LogP contribution in [0.4, 0.5) is 0 Å². The van der Waals surface area contributed by atoms with E-state index in [9.17, 15) is 0 Å². The number of fused-ring (bicyclic) bond motifs is 4. The minimum atomic E-state index is 0.547. The molecule has 56 heavy (non-hydrogen) atoms. The molecule has 9 rings (SSSR count). The lowest BCUT2D eigenvalue weighted by Gasteiger charge is -2.20. The Balaban J connectivity index is 1.08. The van der Waals surface area contributed by atoms with Crippen molar-refractivity contribution in [2.45, 2.75) is 6.42 Å². The lowest BCUT2D eigenvalue weighted by atomic mass is 9.82. The fourth-order valence-corrected chi connectivity index (χ4v) is 8.39. The summed E-state index contributed by atoms with van der Waals surface area (Å²) in [6.45, 7) is 1.74. The van der Waals surface area contributed by atoms with Crippen molar-refractivity contribution >= 4 is 39.0 Å². The molecule has 7 aromatic rings. The first-order valence-corrected chi connectivity index (χ1v) is 19.3. The second kappa shape index (κ2) is 15.4. The van der Waals surface area contributed by atoms with Crippen molar-refractivity contribution in [2.24, 2.45) is 0 Å². The zero-order valence-corrected chi connectivity index (χ0v) is 31.1. The largest absolute Gasteiger partial charge is 0.312 e. The van der Waals surface area contributed by atoms with E-state index in [-0.39, 0.29) is 0 Å². The molecule has 0 unspecified atom stereocenters. The molecule has 0 radical (unpaired) electrons. The molecule has 0 saturated heterocycles. The predicted molar refractivity (Wildman–Crippen MR) is 240 cm³/mol. The van der Waals surface area contributed by atoms with E-state index in [1.165, 1.54) is 77.8 Å². The summed E-state index contributed by atoms with van der Waals surface area (Å²) < 4.78 is 0. The maximum atomic E-state index is 8.25. The molecule has 0 amide bonds. The van der Waals surface area contributed by atoms with E-state index in [2.05, 4.69) is 151 Å². The molecule has 0 bridgehead atoms. The normalized spacial score (nSPS) is 13.9. The van der Waals surface area contributed by atoms with Crippen molar-refractivity contribution in [2.75, 3.05) is 13.1 Å². The third-order valence-electron chi connectivity index (χ3n) is 11.0. The number of allylic oxidation sites excluding steroid dienone is 8. The van der Waals surface area contributed by atoms with Crippen LogP contribution >= 0.6 is 0 Å². The van der Waals surface area contributed by atoms with Crippen LogP contribution in [-0.4, -0.2) is 25.0 Å². The van der Waals surface area contributed by atoms with Gasteiger partial charge in [-0.25, -0.2) is 0 Å². The minimum absolute atomic E-state index is 0.547. The van der Waals surface area contributed by atoms with Crippen LogP contribution < -0.4 is 5.32 Å². The van der Waals surface area contributed by atoms with Crippen molar-refractivity contribution in [3.05, 3.63) is 199 Å². The fraction of sp³-hybridized carbons (Fsp3) is 0.0566. The molecule has 1 aliphatic carbocycles. The fourth-order valence-electron chi connectivity index (χ4n) is 8.39. The van der Waals surface area contributed by atoms with Crippen molar-refractivity contribution in [1.29, 1.82) is 10.8 Å². The number of benzene rings is 7. The van der Waals surface area contributed by atoms with Gasteiger partial charge in [0.05, 0.1) is 5.71 Å². The second-order valence-electron chi connectivity index (χ2n) is 14.2. The maximum Gasteiger partial charge on any atom is 0.0581 e. The minimum Gasteiger partial charge on any atom is -0.312 e. The van der Waals surface area contributed by atoms with Crippen LogP contribution in [0.2, 0.25) is 0 Å². The molecule has 0 fully saturated rings. The van der Waals surface area contributed by atoms with E-state index in [1.54, 1.807) is 0 Å². The average Bonchev–Trinajstić information content (AvgIpc) is 3.59. The molecule has 3 heteroatoms. The van der Waals surface area contributed by atoms with Crippen molar-refractivity contribution in [3.63, 3.8) is 0 Å². The molecular weight excluding hydrogens is 679 g/mol. The van der Waals surface area contributed by atoms with Gasteiger partial charge in [-0.05, 0) is 113 Å². The number of hydrogen-bond donors (Lipinski definition) is 3. The van der Waals surface area contributed by atoms with Gasteiger partial charge in [-0.2, -0.15) is 0 Å². The van der Waals surface area contributed by atoms with E-state index >= 15 is 0 Å². The number of nitrogens with one attached hydrogen (secondary N) is 3. The van der Waals surface area contributed by atoms with E-state index in [4.69, 9.17) is 10.8 Å². The van der Waals surface area contributed by atoms with E-state index < -0.39 is 0 Å². The molecule has 268 valence electrons. The van der Waals surface area contributed by atoms with E-state index in [1.807, 2.05) is 42.5 Å². The Hall–Kier alpha value is -6.94. The van der Waals surface area contributed by atoms with E-state index in [0.717, 1.165) is 41.8 Å². The van der Waals surface area contributed by atoms with Crippen LogP contribution in [0.3, 0.4) is 0 Å². The summed E-state index contributed by atoms with van der Waals surface area (Å²) in [5.41, 5.74) is 15.9. The number of hydrogen-bond acceptors (Lipinski definition) is 3. The van der Waals surface area contributed by atoms with Gasteiger partial charge in [-0.15, -0.1) is 0 Å². The molecule has 1 heterocycles. The molecule has 3 nitrogen and oxygen atoms in total. The van der Waals surface area contributed by atoms with Gasteiger partial charge in [-0.1, -0.05) is 182 Å². The summed E-state index contributed by atoms with van der Waals surface area (Å²) in [4.78, 5) is 0. The summed E-state index contributed by atoms with van der Waals surface area (Å²) in [5.74, 6) is 0. The van der Waals surface area contributed by atoms with Crippen LogP contribution in [0, 0.1) is 10.8 Å². The van der Waals surface area contributed by atoms with Gasteiger partial charge < -0.3 is 16.1 Å². The third kappa shape index (κ3) is 6.38. The number of rotatable bonds is 10. The van der Waals surface area contributed by atoms with Crippen molar-refractivity contribution in [3.8, 4) is 55.6 Å². The molecule has 3 N–H and O–H groups in total. The highest BCUT2D eigenvalue weighted by molar-refractivity contribution is 6.28. The Kier molecular flexibility index (Phi) is 9.59. The monoisotopic (exact) mass is 719 g/mol. The molecule has 0 saturated carbocycles. The van der Waals surface area contributed by atoms with Gasteiger partial charge in [-0.3, -0.25) is 0 Å². The van der Waals surface area contributed by atoms with Crippen molar-refractivity contribution < 1.29 is 0 Å². The second-order valence-corrected chi connectivity index (χ2v) is 14.2. The first kappa shape index (κ1) is 34.8. The van der Waals surface area contributed by atoms with Crippen molar-refractivity contribution in [1.82, 2.24) is 5.32 Å². The van der Waals surface area contributed by atoms with Gasteiger partial charge in [0.15, 0.2) is 0 Å². The first-order chi connectivity index (χ1) is 27.7. The quantitative estimate of drug-likeness (QED) is 0.0956. The summed E-state index contributed by atoms with van der Waals surface area (Å²) in [5, 5.41) is 24.8. The Bertz CT molecular complexity index is 2710. The molecule has 2 aliphatic rings. The molecule has 1 aliphatic heterocycles. The Morgan fingerprint density at radius 2 is 1.11 bits per heavy atom. The van der Waals surface area contributed by atoms with Gasteiger partial charge in [0.1, 0.15) is 0 Å². The summed E-state index contributed by atoms with van der Waals surface area (Å²) in [6.07, 6.45) is 18.0. The lowest BCUT2D eigenvalue weighted by Crippen LogP contribution is -2.25. The van der Waals surface area contributed by atoms with Crippen LogP contribution in [0.1, 0.15) is 12.0 Å². The Morgan fingerprint density at radius 1 is 0.518 bits per heavy atom. The maximum absolute atomic E-state index is 8.25. The predicted octanol–water partition coefficient (Wildman–Crippen LogP) is 13.3. The molecule has 0 aromatic heterocycles. The molecule has 0 spiro atoms. The Morgan fingerprint density at radius 3 is 1.75 bits per heavy atom. The SMILES string of the molecule is N=C\C(=C/C=C/C=C/C=C\C(=N)C1=CCCNC1)c1ccc(-c2ccc3c4c(cccc24)-c2c-3c(-c3ccccc3)c3ccccc3c2-c2ccccc2)cc1. The Labute approximate surface area is 328 Å². The van der Waals surface area contributed by atoms with Gasteiger partial charge in [0.2, 0.25) is 0 Å². The molecule has 0 atom stereocenters. The highest BCUT2D eigenvalue weighted by Crippen LogP contribution is 2.58.